The fourth-order valence-electron chi connectivity index (χ4n) is 2.48. The largest absolute Gasteiger partial charge is 0.371 e. The third kappa shape index (κ3) is 2.60. The monoisotopic (exact) mass is 263 g/mol. The van der Waals surface area contributed by atoms with Crippen molar-refractivity contribution in [2.45, 2.75) is 13.3 Å². The van der Waals surface area contributed by atoms with Gasteiger partial charge in [0.2, 0.25) is 0 Å². The number of rotatable bonds is 2. The number of anilines is 1. The third-order valence-electron chi connectivity index (χ3n) is 3.86. The van der Waals surface area contributed by atoms with Crippen molar-refractivity contribution in [3.8, 4) is 6.07 Å². The first kappa shape index (κ1) is 13.2. The van der Waals surface area contributed by atoms with Crippen LogP contribution in [0.4, 0.5) is 5.69 Å². The smallest absolute Gasteiger partial charge is 0.101 e. The van der Waals surface area contributed by atoms with Gasteiger partial charge in [-0.05, 0) is 43.0 Å². The molecule has 18 heavy (non-hydrogen) atoms. The minimum Gasteiger partial charge on any atom is -0.371 e. The molecule has 1 saturated heterocycles. The Labute approximate surface area is 113 Å². The van der Waals surface area contributed by atoms with Crippen molar-refractivity contribution in [3.05, 3.63) is 28.8 Å². The van der Waals surface area contributed by atoms with E-state index in [1.165, 1.54) is 0 Å². The first-order valence-corrected chi connectivity index (χ1v) is 6.68. The Kier molecular flexibility index (Phi) is 4.11. The zero-order valence-corrected chi connectivity index (χ0v) is 11.3. The summed E-state index contributed by atoms with van der Waals surface area (Å²) in [6.45, 7) is 4.99. The van der Waals surface area contributed by atoms with Crippen LogP contribution in [0.1, 0.15) is 18.9 Å². The molecule has 1 fully saturated rings. The van der Waals surface area contributed by atoms with Gasteiger partial charge >= 0.3 is 0 Å². The van der Waals surface area contributed by atoms with Crippen LogP contribution in [-0.4, -0.2) is 19.6 Å². The van der Waals surface area contributed by atoms with E-state index in [9.17, 15) is 0 Å². The van der Waals surface area contributed by atoms with Crippen molar-refractivity contribution in [2.75, 3.05) is 24.5 Å². The quantitative estimate of drug-likeness (QED) is 0.892. The number of hydrogen-bond acceptors (Lipinski definition) is 3. The molecule has 0 bridgehead atoms. The molecular formula is C14H18ClN3. The number of halogens is 1. The van der Waals surface area contributed by atoms with Gasteiger partial charge in [0.05, 0.1) is 10.6 Å². The van der Waals surface area contributed by atoms with Gasteiger partial charge in [-0.25, -0.2) is 0 Å². The second-order valence-corrected chi connectivity index (χ2v) is 5.39. The van der Waals surface area contributed by atoms with Crippen molar-refractivity contribution in [1.29, 1.82) is 5.26 Å². The second-order valence-electron chi connectivity index (χ2n) is 4.98. The van der Waals surface area contributed by atoms with Gasteiger partial charge in [0.1, 0.15) is 6.07 Å². The Morgan fingerprint density at radius 3 is 2.94 bits per heavy atom. The Morgan fingerprint density at radius 1 is 1.56 bits per heavy atom. The molecule has 0 aliphatic carbocycles. The van der Waals surface area contributed by atoms with E-state index in [1.54, 1.807) is 6.07 Å². The van der Waals surface area contributed by atoms with Gasteiger partial charge in [0.25, 0.3) is 0 Å². The standard InChI is InChI=1S/C14H18ClN3/c1-10-4-5-18(9-12(10)8-17)13-3-2-11(7-16)14(15)6-13/h2-3,6,10,12H,4-5,8-9,17H2,1H3. The van der Waals surface area contributed by atoms with E-state index in [-0.39, 0.29) is 0 Å². The molecule has 2 rings (SSSR count). The maximum atomic E-state index is 8.87. The van der Waals surface area contributed by atoms with Crippen LogP contribution in [0.2, 0.25) is 5.02 Å². The predicted molar refractivity (Wildman–Crippen MR) is 74.7 cm³/mol. The summed E-state index contributed by atoms with van der Waals surface area (Å²) in [5.41, 5.74) is 7.43. The lowest BCUT2D eigenvalue weighted by molar-refractivity contribution is 0.308. The molecule has 0 aromatic heterocycles. The summed E-state index contributed by atoms with van der Waals surface area (Å²) in [6.07, 6.45) is 1.15. The van der Waals surface area contributed by atoms with Crippen LogP contribution in [-0.2, 0) is 0 Å². The molecule has 2 N–H and O–H groups in total. The summed E-state index contributed by atoms with van der Waals surface area (Å²) in [5, 5.41) is 9.40. The van der Waals surface area contributed by atoms with E-state index in [4.69, 9.17) is 22.6 Å². The van der Waals surface area contributed by atoms with Gasteiger partial charge in [-0.3, -0.25) is 0 Å². The van der Waals surface area contributed by atoms with E-state index in [0.717, 1.165) is 31.7 Å². The predicted octanol–water partition coefficient (Wildman–Crippen LogP) is 2.63. The summed E-state index contributed by atoms with van der Waals surface area (Å²) in [6, 6.07) is 7.71. The lowest BCUT2D eigenvalue weighted by Crippen LogP contribution is -2.42. The minimum absolute atomic E-state index is 0.526. The van der Waals surface area contributed by atoms with Gasteiger partial charge < -0.3 is 10.6 Å². The summed E-state index contributed by atoms with van der Waals surface area (Å²) in [7, 11) is 0. The first-order chi connectivity index (χ1) is 8.65. The molecule has 1 heterocycles. The maximum Gasteiger partial charge on any atom is 0.101 e. The SMILES string of the molecule is CC1CCN(c2ccc(C#N)c(Cl)c2)CC1CN. The van der Waals surface area contributed by atoms with Crippen LogP contribution in [0.5, 0.6) is 0 Å². The minimum atomic E-state index is 0.526. The fourth-order valence-corrected chi connectivity index (χ4v) is 2.70. The van der Waals surface area contributed by atoms with Crippen LogP contribution < -0.4 is 10.6 Å². The molecule has 0 saturated carbocycles. The van der Waals surface area contributed by atoms with E-state index in [2.05, 4.69) is 17.9 Å². The van der Waals surface area contributed by atoms with Crippen LogP contribution in [0.15, 0.2) is 18.2 Å². The molecule has 4 heteroatoms. The zero-order valence-electron chi connectivity index (χ0n) is 10.6. The number of nitrogens with zero attached hydrogens (tertiary/aromatic N) is 2. The molecule has 1 aromatic carbocycles. The van der Waals surface area contributed by atoms with E-state index in [1.807, 2.05) is 12.1 Å². The lowest BCUT2D eigenvalue weighted by atomic mass is 9.87. The van der Waals surface area contributed by atoms with Crippen molar-refractivity contribution in [1.82, 2.24) is 0 Å². The van der Waals surface area contributed by atoms with E-state index < -0.39 is 0 Å². The maximum absolute atomic E-state index is 8.87. The number of nitrogens with two attached hydrogens (primary N) is 1. The normalized spacial score (nSPS) is 23.8. The van der Waals surface area contributed by atoms with Crippen molar-refractivity contribution >= 4 is 17.3 Å². The molecule has 2 atom stereocenters. The molecule has 1 aromatic rings. The molecule has 1 aliphatic heterocycles. The van der Waals surface area contributed by atoms with Crippen molar-refractivity contribution in [3.63, 3.8) is 0 Å². The second kappa shape index (κ2) is 5.60. The van der Waals surface area contributed by atoms with E-state index >= 15 is 0 Å². The van der Waals surface area contributed by atoms with Crippen molar-refractivity contribution < 1.29 is 0 Å². The summed E-state index contributed by atoms with van der Waals surface area (Å²) in [5.74, 6) is 1.22. The van der Waals surface area contributed by atoms with Gasteiger partial charge in [0, 0.05) is 18.8 Å². The molecule has 1 aliphatic rings. The third-order valence-corrected chi connectivity index (χ3v) is 4.17. The average molecular weight is 264 g/mol. The van der Waals surface area contributed by atoms with E-state index in [0.29, 0.717) is 22.4 Å². The summed E-state index contributed by atoms with van der Waals surface area (Å²) >= 11 is 6.07. The highest BCUT2D eigenvalue weighted by Gasteiger charge is 2.25. The first-order valence-electron chi connectivity index (χ1n) is 6.30. The highest BCUT2D eigenvalue weighted by atomic mass is 35.5. The highest BCUT2D eigenvalue weighted by molar-refractivity contribution is 6.32. The Bertz CT molecular complexity index is 467. The van der Waals surface area contributed by atoms with Crippen LogP contribution in [0.25, 0.3) is 0 Å². The Balaban J connectivity index is 2.17. The number of hydrogen-bond donors (Lipinski definition) is 1. The Morgan fingerprint density at radius 2 is 2.33 bits per heavy atom. The summed E-state index contributed by atoms with van der Waals surface area (Å²) in [4.78, 5) is 2.31. The highest BCUT2D eigenvalue weighted by Crippen LogP contribution is 2.29. The van der Waals surface area contributed by atoms with Crippen LogP contribution >= 0.6 is 11.6 Å². The topological polar surface area (TPSA) is 53.0 Å². The molecule has 0 radical (unpaired) electrons. The molecule has 3 nitrogen and oxygen atoms in total. The van der Waals surface area contributed by atoms with Crippen molar-refractivity contribution in [2.24, 2.45) is 17.6 Å². The number of benzene rings is 1. The van der Waals surface area contributed by atoms with Gasteiger partial charge in [0.15, 0.2) is 0 Å². The molecule has 2 unspecified atom stereocenters. The van der Waals surface area contributed by atoms with Gasteiger partial charge in [-0.2, -0.15) is 5.26 Å². The molecular weight excluding hydrogens is 246 g/mol. The van der Waals surface area contributed by atoms with Gasteiger partial charge in [-0.1, -0.05) is 18.5 Å². The van der Waals surface area contributed by atoms with Crippen LogP contribution in [0, 0.1) is 23.2 Å². The fraction of sp³-hybridized carbons (Fsp3) is 0.500. The van der Waals surface area contributed by atoms with Gasteiger partial charge in [-0.15, -0.1) is 0 Å². The summed E-state index contributed by atoms with van der Waals surface area (Å²) < 4.78 is 0. The zero-order chi connectivity index (χ0) is 13.1. The molecule has 0 spiro atoms. The lowest BCUT2D eigenvalue weighted by Gasteiger charge is -2.38. The molecule has 0 amide bonds. The Hall–Kier alpha value is -1.24. The van der Waals surface area contributed by atoms with Crippen LogP contribution in [0.3, 0.4) is 0 Å². The molecule has 96 valence electrons. The number of nitriles is 1. The number of piperidine rings is 1. The average Bonchev–Trinajstić information content (AvgIpc) is 2.39.